The quantitative estimate of drug-likeness (QED) is 0.421. The molecule has 3 aromatic rings. The highest BCUT2D eigenvalue weighted by molar-refractivity contribution is 6.34. The molecule has 10 nitrogen and oxygen atoms in total. The molecule has 0 aliphatic carbocycles. The number of likely N-dealkylation sites (N-methyl/N-ethyl adjacent to an activating group) is 1. The number of benzene rings is 1. The molecule has 0 spiro atoms. The minimum Gasteiger partial charge on any atom is -0.481 e. The number of nitrogens with one attached hydrogen (secondary N) is 2. The van der Waals surface area contributed by atoms with Crippen LogP contribution in [0.25, 0.3) is 11.1 Å². The molecule has 2 aromatic heterocycles. The van der Waals surface area contributed by atoms with Crippen LogP contribution >= 0.6 is 11.6 Å². The number of H-pyrrole nitrogens is 1. The molecule has 1 aliphatic heterocycles. The largest absolute Gasteiger partial charge is 0.481 e. The van der Waals surface area contributed by atoms with Crippen LogP contribution in [0.4, 0.5) is 10.1 Å². The smallest absolute Gasteiger partial charge is 0.256 e. The SMILES string of the molecule is COc1c(-c2cc(Cl)c3c(c2)CC(=O)N3)c(COC[C@@H](C)N(C)C(=O)c2cc(F)[nH]c2C=O)nn1C. The molecule has 0 bridgehead atoms. The van der Waals surface area contributed by atoms with Crippen LogP contribution in [0.2, 0.25) is 5.02 Å². The number of anilines is 1. The lowest BCUT2D eigenvalue weighted by Crippen LogP contribution is -2.38. The number of methoxy groups -OCH3 is 1. The number of aromatic nitrogens is 3. The van der Waals surface area contributed by atoms with Gasteiger partial charge >= 0.3 is 0 Å². The Labute approximate surface area is 211 Å². The number of amides is 2. The lowest BCUT2D eigenvalue weighted by Gasteiger charge is -2.24. The van der Waals surface area contributed by atoms with Gasteiger partial charge in [-0.2, -0.15) is 9.49 Å². The molecule has 1 aromatic carbocycles. The molecule has 0 radical (unpaired) electrons. The van der Waals surface area contributed by atoms with Crippen molar-refractivity contribution in [3.05, 3.63) is 51.7 Å². The number of aromatic amines is 1. The van der Waals surface area contributed by atoms with Crippen LogP contribution in [0.15, 0.2) is 18.2 Å². The molecule has 4 rings (SSSR count). The van der Waals surface area contributed by atoms with E-state index in [1.807, 2.05) is 6.07 Å². The van der Waals surface area contributed by atoms with Crippen molar-refractivity contribution in [3.8, 4) is 17.0 Å². The van der Waals surface area contributed by atoms with Gasteiger partial charge < -0.3 is 24.7 Å². The van der Waals surface area contributed by atoms with Crippen LogP contribution in [-0.2, 0) is 29.6 Å². The Bertz CT molecular complexity index is 1350. The van der Waals surface area contributed by atoms with Crippen LogP contribution in [0.5, 0.6) is 5.88 Å². The summed E-state index contributed by atoms with van der Waals surface area (Å²) in [6.45, 7) is 2.02. The van der Waals surface area contributed by atoms with Crippen molar-refractivity contribution in [2.45, 2.75) is 26.0 Å². The number of carbonyl (C=O) groups excluding carboxylic acids is 3. The maximum atomic E-state index is 13.5. The van der Waals surface area contributed by atoms with Crippen molar-refractivity contribution in [2.75, 3.05) is 26.1 Å². The van der Waals surface area contributed by atoms with Crippen molar-refractivity contribution >= 4 is 35.4 Å². The first-order chi connectivity index (χ1) is 17.1. The number of carbonyl (C=O) groups is 3. The van der Waals surface area contributed by atoms with Crippen molar-refractivity contribution in [1.82, 2.24) is 19.7 Å². The van der Waals surface area contributed by atoms with Gasteiger partial charge in [-0.3, -0.25) is 14.4 Å². The van der Waals surface area contributed by atoms with E-state index in [9.17, 15) is 18.8 Å². The van der Waals surface area contributed by atoms with Crippen LogP contribution in [0.1, 0.15) is 39.0 Å². The first-order valence-corrected chi connectivity index (χ1v) is 11.4. The lowest BCUT2D eigenvalue weighted by molar-refractivity contribution is -0.115. The van der Waals surface area contributed by atoms with Crippen molar-refractivity contribution in [1.29, 1.82) is 0 Å². The van der Waals surface area contributed by atoms with Crippen molar-refractivity contribution < 1.29 is 28.2 Å². The first-order valence-electron chi connectivity index (χ1n) is 11.1. The molecule has 0 unspecified atom stereocenters. The second kappa shape index (κ2) is 10.1. The van der Waals surface area contributed by atoms with E-state index in [4.69, 9.17) is 21.1 Å². The van der Waals surface area contributed by atoms with E-state index in [1.165, 1.54) is 12.0 Å². The van der Waals surface area contributed by atoms with Gasteiger partial charge in [0, 0.05) is 20.2 Å². The lowest BCUT2D eigenvalue weighted by atomic mass is 10.0. The van der Waals surface area contributed by atoms with Gasteiger partial charge in [0.2, 0.25) is 11.8 Å². The molecule has 1 aliphatic rings. The third-order valence-electron chi connectivity index (χ3n) is 6.08. The molecule has 1 atom stereocenters. The molecule has 0 saturated heterocycles. The summed E-state index contributed by atoms with van der Waals surface area (Å²) in [6, 6.07) is 4.21. The maximum Gasteiger partial charge on any atom is 0.256 e. The van der Waals surface area contributed by atoms with E-state index in [2.05, 4.69) is 15.4 Å². The topological polar surface area (TPSA) is 119 Å². The maximum absolute atomic E-state index is 13.5. The molecule has 12 heteroatoms. The highest BCUT2D eigenvalue weighted by atomic mass is 35.5. The first kappa shape index (κ1) is 25.4. The van der Waals surface area contributed by atoms with Crippen LogP contribution in [0.3, 0.4) is 0 Å². The van der Waals surface area contributed by atoms with Gasteiger partial charge in [0.15, 0.2) is 12.2 Å². The molecule has 0 saturated carbocycles. The van der Waals surface area contributed by atoms with Gasteiger partial charge in [-0.1, -0.05) is 11.6 Å². The molecule has 3 heterocycles. The second-order valence-electron chi connectivity index (χ2n) is 8.51. The normalized spacial score (nSPS) is 13.3. The van der Waals surface area contributed by atoms with E-state index >= 15 is 0 Å². The predicted octanol–water partition coefficient (Wildman–Crippen LogP) is 3.20. The highest BCUT2D eigenvalue weighted by Crippen LogP contribution is 2.40. The second-order valence-corrected chi connectivity index (χ2v) is 8.92. The number of ether oxygens (including phenoxy) is 2. The number of aryl methyl sites for hydroxylation is 1. The number of nitrogens with zero attached hydrogens (tertiary/aromatic N) is 3. The van der Waals surface area contributed by atoms with Gasteiger partial charge in [0.1, 0.15) is 0 Å². The monoisotopic (exact) mass is 517 g/mol. The van der Waals surface area contributed by atoms with Gasteiger partial charge in [-0.25, -0.2) is 4.68 Å². The molecule has 2 N–H and O–H groups in total. The van der Waals surface area contributed by atoms with Gasteiger partial charge in [-0.05, 0) is 30.2 Å². The average molecular weight is 518 g/mol. The zero-order valence-corrected chi connectivity index (χ0v) is 20.9. The number of hydrogen-bond donors (Lipinski definition) is 2. The summed E-state index contributed by atoms with van der Waals surface area (Å²) in [6.07, 6.45) is 0.630. The fraction of sp³-hybridized carbons (Fsp3) is 0.333. The summed E-state index contributed by atoms with van der Waals surface area (Å²) < 4.78 is 26.5. The Kier molecular flexibility index (Phi) is 7.14. The van der Waals surface area contributed by atoms with E-state index in [-0.39, 0.29) is 36.8 Å². The third-order valence-corrected chi connectivity index (χ3v) is 6.38. The van der Waals surface area contributed by atoms with E-state index in [0.29, 0.717) is 34.1 Å². The van der Waals surface area contributed by atoms with Gasteiger partial charge in [0.05, 0.1) is 66.0 Å². The standard InChI is InChI=1S/C24H25ClFN5O5/c1-12(30(2)23(34)15-8-19(26)27-17(15)9-32)10-36-11-18-21(24(35-4)31(3)29-18)13-5-14-7-20(33)28-22(14)16(25)6-13/h5-6,8-9,12,27H,7,10-11H2,1-4H3,(H,28,33)/t12-/m1/s1. The Hall–Kier alpha value is -3.70. The highest BCUT2D eigenvalue weighted by Gasteiger charge is 2.26. The minimum absolute atomic E-state index is 0.0462. The Balaban J connectivity index is 1.50. The molecule has 2 amide bonds. The summed E-state index contributed by atoms with van der Waals surface area (Å²) in [5.41, 5.74) is 3.22. The van der Waals surface area contributed by atoms with E-state index in [1.54, 1.807) is 31.8 Å². The Morgan fingerprint density at radius 3 is 2.83 bits per heavy atom. The zero-order chi connectivity index (χ0) is 26.1. The minimum atomic E-state index is -0.763. The molecule has 190 valence electrons. The third kappa shape index (κ3) is 4.71. The summed E-state index contributed by atoms with van der Waals surface area (Å²) in [5, 5.41) is 7.69. The van der Waals surface area contributed by atoms with Crippen molar-refractivity contribution in [3.63, 3.8) is 0 Å². The fourth-order valence-electron chi connectivity index (χ4n) is 4.17. The average Bonchev–Trinajstić information content (AvgIpc) is 3.51. The predicted molar refractivity (Wildman–Crippen MR) is 130 cm³/mol. The van der Waals surface area contributed by atoms with Gasteiger partial charge in [0.25, 0.3) is 5.91 Å². The number of hydrogen-bond acceptors (Lipinski definition) is 6. The van der Waals surface area contributed by atoms with Crippen molar-refractivity contribution in [2.24, 2.45) is 7.05 Å². The molecule has 36 heavy (non-hydrogen) atoms. The van der Waals surface area contributed by atoms with Crippen LogP contribution in [-0.4, -0.2) is 64.6 Å². The van der Waals surface area contributed by atoms with Crippen LogP contribution in [0, 0.1) is 5.95 Å². The van der Waals surface area contributed by atoms with Crippen LogP contribution < -0.4 is 10.1 Å². The Morgan fingerprint density at radius 2 is 2.14 bits per heavy atom. The van der Waals surface area contributed by atoms with E-state index in [0.717, 1.165) is 17.2 Å². The fourth-order valence-corrected chi connectivity index (χ4v) is 4.45. The zero-order valence-electron chi connectivity index (χ0n) is 20.1. The summed E-state index contributed by atoms with van der Waals surface area (Å²) in [7, 11) is 4.82. The molecule has 0 fully saturated rings. The number of rotatable bonds is 9. The number of aldehydes is 1. The molecular weight excluding hydrogens is 493 g/mol. The number of fused-ring (bicyclic) bond motifs is 1. The Morgan fingerprint density at radius 1 is 1.39 bits per heavy atom. The number of halogens is 2. The summed E-state index contributed by atoms with van der Waals surface area (Å²) in [5.74, 6) is -0.898. The summed E-state index contributed by atoms with van der Waals surface area (Å²) >= 11 is 6.43. The van der Waals surface area contributed by atoms with Gasteiger partial charge in [-0.15, -0.1) is 0 Å². The molecular formula is C24H25ClFN5O5. The van der Waals surface area contributed by atoms with E-state index < -0.39 is 17.9 Å². The summed E-state index contributed by atoms with van der Waals surface area (Å²) in [4.78, 5) is 39.3.